The first kappa shape index (κ1) is 25.4. The summed E-state index contributed by atoms with van der Waals surface area (Å²) in [6.45, 7) is 1.19. The minimum absolute atomic E-state index is 0.374. The Bertz CT molecular complexity index is 1820. The normalized spacial score (nSPS) is 11.6. The molecule has 0 saturated heterocycles. The molecule has 0 unspecified atom stereocenters. The average molecular weight is 537 g/mol. The Balaban J connectivity index is 1.39. The lowest BCUT2D eigenvalue weighted by Gasteiger charge is -2.13. The molecule has 0 bridgehead atoms. The molecule has 6 aromatic rings. The van der Waals surface area contributed by atoms with Crippen LogP contribution in [0.15, 0.2) is 67.1 Å². The van der Waals surface area contributed by atoms with Gasteiger partial charge in [0.2, 0.25) is 0 Å². The number of hydrogen-bond acceptors (Lipinski definition) is 7. The van der Waals surface area contributed by atoms with Crippen molar-refractivity contribution in [2.24, 2.45) is 0 Å². The number of halogens is 1. The molecule has 4 aromatic heterocycles. The van der Waals surface area contributed by atoms with Crippen LogP contribution in [-0.4, -0.2) is 76.4 Å². The van der Waals surface area contributed by atoms with Gasteiger partial charge < -0.3 is 19.5 Å². The van der Waals surface area contributed by atoms with Gasteiger partial charge in [0, 0.05) is 55.6 Å². The SMILES string of the molecule is CN(C)CCOc1cc(F)cc(-c2ccnc3nc(-c4n[nH]c5ccc(-c6cncc(N(C)C)c6)cc45)[nH]c23)c1. The van der Waals surface area contributed by atoms with Crippen molar-refractivity contribution < 1.29 is 9.13 Å². The molecule has 6 rings (SSSR count). The summed E-state index contributed by atoms with van der Waals surface area (Å²) in [5.41, 5.74) is 7.24. The number of rotatable bonds is 8. The number of nitrogens with one attached hydrogen (secondary N) is 2. The van der Waals surface area contributed by atoms with Crippen LogP contribution in [0.1, 0.15) is 0 Å². The summed E-state index contributed by atoms with van der Waals surface area (Å²) in [7, 11) is 7.91. The summed E-state index contributed by atoms with van der Waals surface area (Å²) in [5, 5.41) is 8.58. The molecule has 0 saturated carbocycles. The standard InChI is InChI=1S/C30H29FN8O/c1-38(2)9-10-40-23-13-19(11-21(31)15-23)24-7-8-33-29-27(24)34-30(35-29)28-25-14-18(5-6-26(25)36-37-28)20-12-22(39(3)4)17-32-16-20/h5-8,11-17H,9-10H2,1-4H3,(H,36,37)(H,33,34,35). The van der Waals surface area contributed by atoms with E-state index in [1.54, 1.807) is 6.20 Å². The summed E-state index contributed by atoms with van der Waals surface area (Å²) in [5.74, 6) is 0.665. The monoisotopic (exact) mass is 536 g/mol. The minimum Gasteiger partial charge on any atom is -0.492 e. The maximum atomic E-state index is 14.6. The molecule has 0 aliphatic carbocycles. The Morgan fingerprint density at radius 2 is 1.80 bits per heavy atom. The van der Waals surface area contributed by atoms with Crippen molar-refractivity contribution in [3.8, 4) is 39.5 Å². The van der Waals surface area contributed by atoms with Crippen molar-refractivity contribution in [2.75, 3.05) is 46.2 Å². The van der Waals surface area contributed by atoms with Crippen LogP contribution in [0.3, 0.4) is 0 Å². The third-order valence-electron chi connectivity index (χ3n) is 6.74. The molecule has 0 fully saturated rings. The predicted molar refractivity (Wildman–Crippen MR) is 156 cm³/mol. The van der Waals surface area contributed by atoms with Crippen LogP contribution in [0.4, 0.5) is 10.1 Å². The number of aromatic amines is 2. The topological polar surface area (TPSA) is 98.8 Å². The second kappa shape index (κ2) is 10.4. The molecule has 202 valence electrons. The molecule has 40 heavy (non-hydrogen) atoms. The third-order valence-corrected chi connectivity index (χ3v) is 6.74. The molecule has 2 aromatic carbocycles. The predicted octanol–water partition coefficient (Wildman–Crippen LogP) is 5.38. The zero-order valence-corrected chi connectivity index (χ0v) is 22.7. The lowest BCUT2D eigenvalue weighted by molar-refractivity contribution is 0.260. The zero-order valence-electron chi connectivity index (χ0n) is 22.7. The van der Waals surface area contributed by atoms with Gasteiger partial charge in [0.1, 0.15) is 23.9 Å². The van der Waals surface area contributed by atoms with Crippen LogP contribution < -0.4 is 9.64 Å². The highest BCUT2D eigenvalue weighted by atomic mass is 19.1. The largest absolute Gasteiger partial charge is 0.492 e. The highest BCUT2D eigenvalue weighted by molar-refractivity contribution is 5.97. The maximum Gasteiger partial charge on any atom is 0.178 e. The van der Waals surface area contributed by atoms with E-state index < -0.39 is 0 Å². The van der Waals surface area contributed by atoms with Gasteiger partial charge in [-0.15, -0.1) is 0 Å². The minimum atomic E-state index is -0.374. The van der Waals surface area contributed by atoms with Gasteiger partial charge in [0.05, 0.1) is 22.9 Å². The van der Waals surface area contributed by atoms with E-state index in [4.69, 9.17) is 9.72 Å². The van der Waals surface area contributed by atoms with Gasteiger partial charge in [0.15, 0.2) is 11.5 Å². The molecular weight excluding hydrogens is 507 g/mol. The average Bonchev–Trinajstić information content (AvgIpc) is 3.56. The number of imidazole rings is 1. The molecule has 0 aliphatic heterocycles. The summed E-state index contributed by atoms with van der Waals surface area (Å²) in [6, 6.07) is 14.8. The summed E-state index contributed by atoms with van der Waals surface area (Å²) in [4.78, 5) is 21.0. The number of H-pyrrole nitrogens is 2. The Hall–Kier alpha value is -4.83. The zero-order chi connectivity index (χ0) is 27.8. The first-order valence-electron chi connectivity index (χ1n) is 12.9. The quantitative estimate of drug-likeness (QED) is 0.270. The number of benzene rings is 2. The van der Waals surface area contributed by atoms with E-state index in [9.17, 15) is 4.39 Å². The third kappa shape index (κ3) is 4.96. The van der Waals surface area contributed by atoms with Crippen molar-refractivity contribution in [3.05, 3.63) is 72.9 Å². The van der Waals surface area contributed by atoms with Gasteiger partial charge in [-0.1, -0.05) is 6.07 Å². The molecule has 0 amide bonds. The molecule has 4 heterocycles. The first-order chi connectivity index (χ1) is 19.4. The number of aromatic nitrogens is 6. The Labute approximate surface area is 230 Å². The molecule has 9 nitrogen and oxygen atoms in total. The van der Waals surface area contributed by atoms with E-state index in [2.05, 4.69) is 37.3 Å². The highest BCUT2D eigenvalue weighted by Crippen LogP contribution is 2.34. The van der Waals surface area contributed by atoms with Crippen molar-refractivity contribution in [3.63, 3.8) is 0 Å². The van der Waals surface area contributed by atoms with Gasteiger partial charge in [-0.3, -0.25) is 10.1 Å². The van der Waals surface area contributed by atoms with Gasteiger partial charge >= 0.3 is 0 Å². The molecule has 10 heteroatoms. The van der Waals surface area contributed by atoms with E-state index in [-0.39, 0.29) is 5.82 Å². The Morgan fingerprint density at radius 3 is 2.62 bits per heavy atom. The fraction of sp³-hybridized carbons (Fsp3) is 0.200. The number of fused-ring (bicyclic) bond motifs is 2. The van der Waals surface area contributed by atoms with E-state index in [1.165, 1.54) is 12.1 Å². The van der Waals surface area contributed by atoms with Crippen molar-refractivity contribution in [1.29, 1.82) is 0 Å². The van der Waals surface area contributed by atoms with Gasteiger partial charge in [0.25, 0.3) is 0 Å². The number of likely N-dealkylation sites (N-methyl/N-ethyl adjacent to an activating group) is 1. The van der Waals surface area contributed by atoms with Crippen LogP contribution in [-0.2, 0) is 0 Å². The van der Waals surface area contributed by atoms with E-state index in [1.807, 2.05) is 74.6 Å². The summed E-state index contributed by atoms with van der Waals surface area (Å²) >= 11 is 0. The van der Waals surface area contributed by atoms with Gasteiger partial charge in [-0.2, -0.15) is 5.10 Å². The van der Waals surface area contributed by atoms with Crippen molar-refractivity contribution in [2.45, 2.75) is 0 Å². The molecule has 0 aliphatic rings. The fourth-order valence-corrected chi connectivity index (χ4v) is 4.62. The lowest BCUT2D eigenvalue weighted by Crippen LogP contribution is -2.19. The molecule has 0 atom stereocenters. The maximum absolute atomic E-state index is 14.6. The van der Waals surface area contributed by atoms with Crippen LogP contribution in [0.5, 0.6) is 5.75 Å². The van der Waals surface area contributed by atoms with Crippen LogP contribution >= 0.6 is 0 Å². The Kier molecular flexibility index (Phi) is 6.61. The first-order valence-corrected chi connectivity index (χ1v) is 12.9. The smallest absolute Gasteiger partial charge is 0.178 e. The second-order valence-electron chi connectivity index (χ2n) is 10.1. The van der Waals surface area contributed by atoms with Crippen molar-refractivity contribution >= 4 is 27.8 Å². The number of ether oxygens (including phenoxy) is 1. The van der Waals surface area contributed by atoms with Crippen LogP contribution in [0, 0.1) is 5.82 Å². The van der Waals surface area contributed by atoms with Crippen molar-refractivity contribution in [1.82, 2.24) is 35.0 Å². The summed E-state index contributed by atoms with van der Waals surface area (Å²) < 4.78 is 20.4. The van der Waals surface area contributed by atoms with E-state index >= 15 is 0 Å². The summed E-state index contributed by atoms with van der Waals surface area (Å²) in [6.07, 6.45) is 5.36. The number of nitrogens with zero attached hydrogens (tertiary/aromatic N) is 6. The van der Waals surface area contributed by atoms with E-state index in [0.717, 1.165) is 39.8 Å². The van der Waals surface area contributed by atoms with E-state index in [0.29, 0.717) is 40.6 Å². The lowest BCUT2D eigenvalue weighted by atomic mass is 10.0. The molecule has 0 radical (unpaired) electrons. The molecule has 0 spiro atoms. The number of pyridine rings is 2. The highest BCUT2D eigenvalue weighted by Gasteiger charge is 2.17. The Morgan fingerprint density at radius 1 is 0.925 bits per heavy atom. The fourth-order valence-electron chi connectivity index (χ4n) is 4.62. The number of anilines is 1. The van der Waals surface area contributed by atoms with Crippen LogP contribution in [0.2, 0.25) is 0 Å². The van der Waals surface area contributed by atoms with Gasteiger partial charge in [-0.05, 0) is 61.6 Å². The number of hydrogen-bond donors (Lipinski definition) is 2. The molecule has 2 N–H and O–H groups in total. The second-order valence-corrected chi connectivity index (χ2v) is 10.1. The van der Waals surface area contributed by atoms with Crippen LogP contribution in [0.25, 0.3) is 55.8 Å². The molecular formula is C30H29FN8O. The van der Waals surface area contributed by atoms with Gasteiger partial charge in [-0.25, -0.2) is 14.4 Å².